The maximum atomic E-state index is 6.20. The zero-order chi connectivity index (χ0) is 17.8. The van der Waals surface area contributed by atoms with E-state index in [1.807, 2.05) is 12.1 Å². The Labute approximate surface area is 157 Å². The highest BCUT2D eigenvalue weighted by molar-refractivity contribution is 7.17. The topological polar surface area (TPSA) is 38.2 Å². The normalized spacial score (nSPS) is 11.0. The van der Waals surface area contributed by atoms with E-state index in [-0.39, 0.29) is 0 Å². The van der Waals surface area contributed by atoms with Crippen LogP contribution in [0.4, 0.5) is 5.82 Å². The molecule has 1 aromatic carbocycles. The molecule has 25 heavy (non-hydrogen) atoms. The number of benzene rings is 1. The van der Waals surface area contributed by atoms with Gasteiger partial charge in [-0.1, -0.05) is 26.0 Å². The summed E-state index contributed by atoms with van der Waals surface area (Å²) in [6.07, 6.45) is 2.12. The molecule has 0 aliphatic carbocycles. The third-order valence-corrected chi connectivity index (χ3v) is 5.12. The van der Waals surface area contributed by atoms with Gasteiger partial charge in [-0.05, 0) is 42.1 Å². The second-order valence-electron chi connectivity index (χ2n) is 5.86. The first-order valence-corrected chi connectivity index (χ1v) is 9.77. The molecule has 0 atom stereocenters. The minimum atomic E-state index is 0.308. The van der Waals surface area contributed by atoms with Crippen molar-refractivity contribution in [2.24, 2.45) is 0 Å². The molecule has 0 bridgehead atoms. The van der Waals surface area contributed by atoms with Crippen LogP contribution in [0.2, 0.25) is 5.28 Å². The van der Waals surface area contributed by atoms with Gasteiger partial charge in [-0.3, -0.25) is 0 Å². The lowest BCUT2D eigenvalue weighted by atomic mass is 10.1. The predicted octanol–water partition coefficient (Wildman–Crippen LogP) is 5.65. The van der Waals surface area contributed by atoms with Crippen molar-refractivity contribution in [1.82, 2.24) is 9.97 Å². The van der Waals surface area contributed by atoms with Crippen LogP contribution in [0.15, 0.2) is 29.6 Å². The van der Waals surface area contributed by atoms with E-state index in [0.29, 0.717) is 5.28 Å². The summed E-state index contributed by atoms with van der Waals surface area (Å²) >= 11 is 7.81. The van der Waals surface area contributed by atoms with Crippen LogP contribution in [0.25, 0.3) is 21.3 Å². The SMILES string of the molecule is CCCN(CCC)c1nc(Cl)nc2scc(-c3ccc(OC)cc3)c12. The first-order chi connectivity index (χ1) is 12.2. The van der Waals surface area contributed by atoms with Gasteiger partial charge in [0.15, 0.2) is 0 Å². The van der Waals surface area contributed by atoms with E-state index in [4.69, 9.17) is 16.3 Å². The van der Waals surface area contributed by atoms with Crippen molar-refractivity contribution in [3.63, 3.8) is 0 Å². The Morgan fingerprint density at radius 3 is 2.36 bits per heavy atom. The highest BCUT2D eigenvalue weighted by Crippen LogP contribution is 2.39. The number of anilines is 1. The van der Waals surface area contributed by atoms with Gasteiger partial charge in [-0.2, -0.15) is 4.98 Å². The van der Waals surface area contributed by atoms with E-state index in [1.54, 1.807) is 18.4 Å². The van der Waals surface area contributed by atoms with Crippen molar-refractivity contribution >= 4 is 39.0 Å². The van der Waals surface area contributed by atoms with Gasteiger partial charge >= 0.3 is 0 Å². The molecule has 0 aliphatic heterocycles. The summed E-state index contributed by atoms with van der Waals surface area (Å²) in [6.45, 7) is 6.27. The van der Waals surface area contributed by atoms with Crippen LogP contribution in [0, 0.1) is 0 Å². The Morgan fingerprint density at radius 1 is 1.08 bits per heavy atom. The van der Waals surface area contributed by atoms with Crippen LogP contribution >= 0.6 is 22.9 Å². The number of hydrogen-bond acceptors (Lipinski definition) is 5. The van der Waals surface area contributed by atoms with Gasteiger partial charge in [0, 0.05) is 24.0 Å². The Morgan fingerprint density at radius 2 is 1.76 bits per heavy atom. The average Bonchev–Trinajstić information content (AvgIpc) is 3.04. The fraction of sp³-hybridized carbons (Fsp3) is 0.368. The molecule has 4 nitrogen and oxygen atoms in total. The van der Waals surface area contributed by atoms with Gasteiger partial charge in [0.1, 0.15) is 16.4 Å². The lowest BCUT2D eigenvalue weighted by Crippen LogP contribution is -2.26. The Hall–Kier alpha value is -1.85. The van der Waals surface area contributed by atoms with Crippen molar-refractivity contribution in [3.05, 3.63) is 34.9 Å². The van der Waals surface area contributed by atoms with Crippen molar-refractivity contribution in [2.45, 2.75) is 26.7 Å². The standard InChI is InChI=1S/C19H22ClN3OS/c1-4-10-23(11-5-2)17-16-15(12-25-18(16)22-19(20)21-17)13-6-8-14(24-3)9-7-13/h6-9,12H,4-5,10-11H2,1-3H3. The zero-order valence-electron chi connectivity index (χ0n) is 14.8. The van der Waals surface area contributed by atoms with Crippen LogP contribution in [0.3, 0.4) is 0 Å². The number of halogens is 1. The Bertz CT molecular complexity index is 842. The number of thiophene rings is 1. The third kappa shape index (κ3) is 3.72. The molecular formula is C19H22ClN3OS. The lowest BCUT2D eigenvalue weighted by molar-refractivity contribution is 0.415. The molecule has 0 radical (unpaired) electrons. The summed E-state index contributed by atoms with van der Waals surface area (Å²) in [5, 5.41) is 3.53. The van der Waals surface area contributed by atoms with Gasteiger partial charge in [0.25, 0.3) is 0 Å². The van der Waals surface area contributed by atoms with Gasteiger partial charge in [-0.25, -0.2) is 4.98 Å². The van der Waals surface area contributed by atoms with Crippen molar-refractivity contribution in [3.8, 4) is 16.9 Å². The predicted molar refractivity (Wildman–Crippen MR) is 107 cm³/mol. The number of aromatic nitrogens is 2. The van der Waals surface area contributed by atoms with E-state index in [1.165, 1.54) is 0 Å². The average molecular weight is 376 g/mol. The molecule has 0 aliphatic rings. The second-order valence-corrected chi connectivity index (χ2v) is 7.06. The fourth-order valence-corrected chi connectivity index (χ4v) is 4.13. The van der Waals surface area contributed by atoms with E-state index < -0.39 is 0 Å². The molecule has 0 amide bonds. The summed E-state index contributed by atoms with van der Waals surface area (Å²) in [5.41, 5.74) is 2.28. The third-order valence-electron chi connectivity index (χ3n) is 4.07. The number of rotatable bonds is 7. The second kappa shape index (κ2) is 8.02. The number of ether oxygens (including phenoxy) is 1. The molecule has 132 valence electrons. The van der Waals surface area contributed by atoms with Crippen molar-refractivity contribution in [1.29, 1.82) is 0 Å². The van der Waals surface area contributed by atoms with Crippen molar-refractivity contribution < 1.29 is 4.74 Å². The minimum absolute atomic E-state index is 0.308. The first kappa shape index (κ1) is 18.0. The van der Waals surface area contributed by atoms with Crippen molar-refractivity contribution in [2.75, 3.05) is 25.1 Å². The molecule has 0 saturated heterocycles. The summed E-state index contributed by atoms with van der Waals surface area (Å²) < 4.78 is 5.27. The molecular weight excluding hydrogens is 354 g/mol. The van der Waals surface area contributed by atoms with Gasteiger partial charge in [-0.15, -0.1) is 11.3 Å². The van der Waals surface area contributed by atoms with Crippen LogP contribution in [-0.2, 0) is 0 Å². The first-order valence-electron chi connectivity index (χ1n) is 8.52. The fourth-order valence-electron chi connectivity index (χ4n) is 2.97. The zero-order valence-corrected chi connectivity index (χ0v) is 16.3. The van der Waals surface area contributed by atoms with Crippen LogP contribution in [-0.4, -0.2) is 30.2 Å². The molecule has 0 unspecified atom stereocenters. The molecule has 0 spiro atoms. The summed E-state index contributed by atoms with van der Waals surface area (Å²) in [6, 6.07) is 8.10. The molecule has 2 aromatic heterocycles. The van der Waals surface area contributed by atoms with E-state index in [9.17, 15) is 0 Å². The van der Waals surface area contributed by atoms with Gasteiger partial charge in [0.2, 0.25) is 5.28 Å². The number of fused-ring (bicyclic) bond motifs is 1. The quantitative estimate of drug-likeness (QED) is 0.500. The Kier molecular flexibility index (Phi) is 5.76. The molecule has 3 rings (SSSR count). The van der Waals surface area contributed by atoms with Gasteiger partial charge in [0.05, 0.1) is 12.5 Å². The molecule has 0 fully saturated rings. The van der Waals surface area contributed by atoms with Gasteiger partial charge < -0.3 is 9.64 Å². The number of methoxy groups -OCH3 is 1. The van der Waals surface area contributed by atoms with E-state index >= 15 is 0 Å². The van der Waals surface area contributed by atoms with Crippen LogP contribution < -0.4 is 9.64 Å². The molecule has 0 N–H and O–H groups in total. The maximum Gasteiger partial charge on any atom is 0.225 e. The molecule has 2 heterocycles. The molecule has 3 aromatic rings. The van der Waals surface area contributed by atoms with E-state index in [0.717, 1.165) is 58.8 Å². The number of hydrogen-bond donors (Lipinski definition) is 0. The highest BCUT2D eigenvalue weighted by Gasteiger charge is 2.19. The lowest BCUT2D eigenvalue weighted by Gasteiger charge is -2.23. The van der Waals surface area contributed by atoms with E-state index in [2.05, 4.69) is 46.2 Å². The smallest absolute Gasteiger partial charge is 0.225 e. The number of nitrogens with zero attached hydrogens (tertiary/aromatic N) is 3. The highest BCUT2D eigenvalue weighted by atomic mass is 35.5. The summed E-state index contributed by atoms with van der Waals surface area (Å²) in [4.78, 5) is 12.3. The minimum Gasteiger partial charge on any atom is -0.497 e. The van der Waals surface area contributed by atoms with Crippen LogP contribution in [0.5, 0.6) is 5.75 Å². The largest absolute Gasteiger partial charge is 0.497 e. The summed E-state index contributed by atoms with van der Waals surface area (Å²) in [5.74, 6) is 1.78. The van der Waals surface area contributed by atoms with Crippen LogP contribution in [0.1, 0.15) is 26.7 Å². The molecule has 0 saturated carbocycles. The summed E-state index contributed by atoms with van der Waals surface area (Å²) in [7, 11) is 1.68. The maximum absolute atomic E-state index is 6.20. The molecule has 6 heteroatoms. The monoisotopic (exact) mass is 375 g/mol. The Balaban J connectivity index is 2.16.